The molecule has 6 heteroatoms. The summed E-state index contributed by atoms with van der Waals surface area (Å²) in [6.45, 7) is 2.69. The Morgan fingerprint density at radius 1 is 1.04 bits per heavy atom. The molecule has 1 heterocycles. The molecule has 0 spiro atoms. The minimum atomic E-state index is -0.280. The first-order chi connectivity index (χ1) is 12.6. The number of nitrogens with one attached hydrogen (secondary N) is 2. The zero-order valence-corrected chi connectivity index (χ0v) is 14.5. The fourth-order valence-corrected chi connectivity index (χ4v) is 3.11. The molecule has 2 amide bonds. The van der Waals surface area contributed by atoms with E-state index in [1.165, 1.54) is 0 Å². The maximum Gasteiger partial charge on any atom is 0.231 e. The Labute approximate surface area is 151 Å². The second-order valence-corrected chi connectivity index (χ2v) is 6.65. The van der Waals surface area contributed by atoms with Crippen LogP contribution in [0.5, 0.6) is 11.5 Å². The highest BCUT2D eigenvalue weighted by atomic mass is 16.7. The molecule has 2 aromatic rings. The van der Waals surface area contributed by atoms with Gasteiger partial charge in [0.25, 0.3) is 0 Å². The highest BCUT2D eigenvalue weighted by Crippen LogP contribution is 2.40. The van der Waals surface area contributed by atoms with Gasteiger partial charge in [0.2, 0.25) is 18.6 Å². The lowest BCUT2D eigenvalue weighted by Gasteiger charge is -2.08. The van der Waals surface area contributed by atoms with Gasteiger partial charge in [0, 0.05) is 18.3 Å². The van der Waals surface area contributed by atoms with Gasteiger partial charge in [-0.3, -0.25) is 9.59 Å². The summed E-state index contributed by atoms with van der Waals surface area (Å²) < 4.78 is 10.6. The Balaban J connectivity index is 1.29. The van der Waals surface area contributed by atoms with E-state index in [0.29, 0.717) is 30.2 Å². The van der Waals surface area contributed by atoms with Crippen molar-refractivity contribution in [2.75, 3.05) is 12.1 Å². The molecule has 2 aliphatic rings. The third-order valence-corrected chi connectivity index (χ3v) is 4.82. The Hall–Kier alpha value is -3.02. The van der Waals surface area contributed by atoms with Gasteiger partial charge in [-0.2, -0.15) is 0 Å². The number of anilines is 1. The molecule has 26 heavy (non-hydrogen) atoms. The molecule has 2 unspecified atom stereocenters. The van der Waals surface area contributed by atoms with Gasteiger partial charge in [-0.15, -0.1) is 0 Å². The molecular formula is C20H20N2O4. The minimum absolute atomic E-state index is 0.0703. The number of carbonyl (C=O) groups excluding carboxylic acids is 2. The lowest BCUT2D eigenvalue weighted by atomic mass is 10.1. The maximum atomic E-state index is 12.4. The van der Waals surface area contributed by atoms with Gasteiger partial charge in [-0.25, -0.2) is 0 Å². The van der Waals surface area contributed by atoms with Crippen molar-refractivity contribution in [3.05, 3.63) is 53.6 Å². The van der Waals surface area contributed by atoms with Crippen molar-refractivity contribution in [2.24, 2.45) is 11.8 Å². The van der Waals surface area contributed by atoms with E-state index in [9.17, 15) is 9.59 Å². The average Bonchev–Trinajstić information content (AvgIpc) is 3.32. The van der Waals surface area contributed by atoms with Gasteiger partial charge in [-0.1, -0.05) is 24.3 Å². The molecule has 2 N–H and O–H groups in total. The third-order valence-electron chi connectivity index (χ3n) is 4.82. The van der Waals surface area contributed by atoms with Crippen molar-refractivity contribution >= 4 is 17.5 Å². The Morgan fingerprint density at radius 3 is 2.65 bits per heavy atom. The molecule has 134 valence electrons. The molecule has 2 atom stereocenters. The van der Waals surface area contributed by atoms with E-state index in [4.69, 9.17) is 9.47 Å². The SMILES string of the molecule is Cc1ccccc1CNC(=O)C1CC1C(=O)Nc1ccc2c(c1)OCO2. The van der Waals surface area contributed by atoms with Crippen molar-refractivity contribution in [1.29, 1.82) is 0 Å². The Bertz CT molecular complexity index is 865. The van der Waals surface area contributed by atoms with Crippen LogP contribution in [0.4, 0.5) is 5.69 Å². The van der Waals surface area contributed by atoms with Crippen LogP contribution in [0.15, 0.2) is 42.5 Å². The van der Waals surface area contributed by atoms with Crippen molar-refractivity contribution in [3.8, 4) is 11.5 Å². The number of hydrogen-bond acceptors (Lipinski definition) is 4. The summed E-state index contributed by atoms with van der Waals surface area (Å²) in [7, 11) is 0. The first-order valence-corrected chi connectivity index (χ1v) is 8.64. The molecule has 1 aliphatic heterocycles. The van der Waals surface area contributed by atoms with E-state index >= 15 is 0 Å². The van der Waals surface area contributed by atoms with Crippen LogP contribution < -0.4 is 20.1 Å². The molecule has 0 radical (unpaired) electrons. The van der Waals surface area contributed by atoms with Crippen LogP contribution >= 0.6 is 0 Å². The molecule has 2 aromatic carbocycles. The third kappa shape index (κ3) is 3.35. The normalized spacial score (nSPS) is 19.7. The van der Waals surface area contributed by atoms with Crippen molar-refractivity contribution in [2.45, 2.75) is 19.9 Å². The predicted molar refractivity (Wildman–Crippen MR) is 95.8 cm³/mol. The van der Waals surface area contributed by atoms with E-state index < -0.39 is 0 Å². The van der Waals surface area contributed by atoms with Crippen LogP contribution in [0.3, 0.4) is 0 Å². The first kappa shape index (κ1) is 16.4. The molecule has 0 saturated heterocycles. The highest BCUT2D eigenvalue weighted by Gasteiger charge is 2.48. The Kier molecular flexibility index (Phi) is 4.24. The monoisotopic (exact) mass is 352 g/mol. The largest absolute Gasteiger partial charge is 0.454 e. The highest BCUT2D eigenvalue weighted by molar-refractivity contribution is 5.99. The van der Waals surface area contributed by atoms with Crippen LogP contribution in [0.2, 0.25) is 0 Å². The van der Waals surface area contributed by atoms with Gasteiger partial charge < -0.3 is 20.1 Å². The van der Waals surface area contributed by atoms with Crippen LogP contribution in [-0.2, 0) is 16.1 Å². The number of aryl methyl sites for hydroxylation is 1. The van der Waals surface area contributed by atoms with E-state index in [-0.39, 0.29) is 30.4 Å². The van der Waals surface area contributed by atoms with E-state index in [0.717, 1.165) is 11.1 Å². The van der Waals surface area contributed by atoms with Crippen LogP contribution in [-0.4, -0.2) is 18.6 Å². The van der Waals surface area contributed by atoms with E-state index in [2.05, 4.69) is 10.6 Å². The summed E-state index contributed by atoms with van der Waals surface area (Å²) in [5, 5.41) is 5.78. The number of amides is 2. The number of fused-ring (bicyclic) bond motifs is 1. The molecule has 6 nitrogen and oxygen atoms in total. The number of benzene rings is 2. The average molecular weight is 352 g/mol. The van der Waals surface area contributed by atoms with Crippen LogP contribution in [0.25, 0.3) is 0 Å². The fourth-order valence-electron chi connectivity index (χ4n) is 3.11. The topological polar surface area (TPSA) is 76.7 Å². The summed E-state index contributed by atoms with van der Waals surface area (Å²) in [5.41, 5.74) is 2.87. The van der Waals surface area contributed by atoms with Gasteiger partial charge in [0.05, 0.1) is 11.8 Å². The predicted octanol–water partition coefficient (Wildman–Crippen LogP) is 2.61. The lowest BCUT2D eigenvalue weighted by molar-refractivity contribution is -0.125. The quantitative estimate of drug-likeness (QED) is 0.867. The van der Waals surface area contributed by atoms with Crippen molar-refractivity contribution in [1.82, 2.24) is 5.32 Å². The smallest absolute Gasteiger partial charge is 0.231 e. The summed E-state index contributed by atoms with van der Waals surface area (Å²) in [6, 6.07) is 13.2. The van der Waals surface area contributed by atoms with Gasteiger partial charge >= 0.3 is 0 Å². The summed E-state index contributed by atoms with van der Waals surface area (Å²) in [6.07, 6.45) is 0.579. The van der Waals surface area contributed by atoms with E-state index in [1.54, 1.807) is 18.2 Å². The van der Waals surface area contributed by atoms with Crippen molar-refractivity contribution < 1.29 is 19.1 Å². The summed E-state index contributed by atoms with van der Waals surface area (Å²) in [5.74, 6) is 0.540. The second-order valence-electron chi connectivity index (χ2n) is 6.65. The van der Waals surface area contributed by atoms with Crippen LogP contribution in [0, 0.1) is 18.8 Å². The molecule has 1 fully saturated rings. The van der Waals surface area contributed by atoms with Gasteiger partial charge in [-0.05, 0) is 36.6 Å². The molecule has 1 saturated carbocycles. The number of carbonyl (C=O) groups is 2. The fraction of sp³-hybridized carbons (Fsp3) is 0.300. The first-order valence-electron chi connectivity index (χ1n) is 8.64. The van der Waals surface area contributed by atoms with Gasteiger partial charge in [0.15, 0.2) is 11.5 Å². The van der Waals surface area contributed by atoms with Crippen LogP contribution in [0.1, 0.15) is 17.5 Å². The zero-order chi connectivity index (χ0) is 18.1. The zero-order valence-electron chi connectivity index (χ0n) is 14.5. The molecule has 1 aliphatic carbocycles. The number of rotatable bonds is 5. The maximum absolute atomic E-state index is 12.4. The molecule has 4 rings (SSSR count). The molecule has 0 aromatic heterocycles. The summed E-state index contributed by atoms with van der Waals surface area (Å²) >= 11 is 0. The van der Waals surface area contributed by atoms with Crippen molar-refractivity contribution in [3.63, 3.8) is 0 Å². The Morgan fingerprint density at radius 2 is 1.81 bits per heavy atom. The number of ether oxygens (including phenoxy) is 2. The molecule has 0 bridgehead atoms. The van der Waals surface area contributed by atoms with Gasteiger partial charge in [0.1, 0.15) is 0 Å². The molecular weight excluding hydrogens is 332 g/mol. The lowest BCUT2D eigenvalue weighted by Crippen LogP contribution is -2.27. The standard InChI is InChI=1S/C20H20N2O4/c1-12-4-2-3-5-13(12)10-21-19(23)15-9-16(15)20(24)22-14-6-7-17-18(8-14)26-11-25-17/h2-8,15-16H,9-11H2,1H3,(H,21,23)(H,22,24). The second kappa shape index (κ2) is 6.71. The summed E-state index contributed by atoms with van der Waals surface area (Å²) in [4.78, 5) is 24.6. The minimum Gasteiger partial charge on any atom is -0.454 e. The number of hydrogen-bond donors (Lipinski definition) is 2. The van der Waals surface area contributed by atoms with E-state index in [1.807, 2.05) is 31.2 Å².